The van der Waals surface area contributed by atoms with Crippen molar-refractivity contribution in [2.45, 2.75) is 19.5 Å². The molecule has 0 aliphatic carbocycles. The fraction of sp³-hybridized carbons (Fsp3) is 0.300. The zero-order valence-electron chi connectivity index (χ0n) is 7.93. The molecule has 0 radical (unpaired) electrons. The fourth-order valence-corrected chi connectivity index (χ4v) is 1.85. The molecule has 0 fully saturated rings. The number of nitrogens with one attached hydrogen (secondary N) is 1. The molecule has 0 spiro atoms. The van der Waals surface area contributed by atoms with Crippen molar-refractivity contribution in [1.82, 2.24) is 10.3 Å². The van der Waals surface area contributed by atoms with Crippen LogP contribution in [0.25, 0.3) is 0 Å². The van der Waals surface area contributed by atoms with Gasteiger partial charge >= 0.3 is 0 Å². The van der Waals surface area contributed by atoms with Crippen LogP contribution in [0.15, 0.2) is 33.9 Å². The van der Waals surface area contributed by atoms with Crippen molar-refractivity contribution in [3.8, 4) is 0 Å². The van der Waals surface area contributed by atoms with Gasteiger partial charge in [0.15, 0.2) is 0 Å². The molecule has 4 heteroatoms. The van der Waals surface area contributed by atoms with Crippen LogP contribution < -0.4 is 5.32 Å². The first-order chi connectivity index (χ1) is 6.86. The first kappa shape index (κ1) is 9.43. The summed E-state index contributed by atoms with van der Waals surface area (Å²) in [7, 11) is 0. The van der Waals surface area contributed by atoms with Crippen LogP contribution >= 0.6 is 11.3 Å². The van der Waals surface area contributed by atoms with E-state index in [1.165, 1.54) is 0 Å². The summed E-state index contributed by atoms with van der Waals surface area (Å²) in [5.74, 6) is 0. The Morgan fingerprint density at radius 1 is 1.64 bits per heavy atom. The average Bonchev–Trinajstić information content (AvgIpc) is 2.87. The second-order valence-electron chi connectivity index (χ2n) is 3.15. The number of nitrogens with zero attached hydrogens (tertiary/aromatic N) is 1. The van der Waals surface area contributed by atoms with Gasteiger partial charge in [-0.1, -0.05) is 0 Å². The van der Waals surface area contributed by atoms with E-state index in [4.69, 9.17) is 4.42 Å². The Balaban J connectivity index is 1.87. The zero-order valence-corrected chi connectivity index (χ0v) is 8.75. The van der Waals surface area contributed by atoms with Gasteiger partial charge in [0.1, 0.15) is 0 Å². The highest BCUT2D eigenvalue weighted by Gasteiger charge is 2.06. The Hall–Kier alpha value is -1.13. The van der Waals surface area contributed by atoms with Crippen LogP contribution in [0, 0.1) is 0 Å². The maximum Gasteiger partial charge on any atom is 0.0947 e. The van der Waals surface area contributed by atoms with Crippen LogP contribution in [0.3, 0.4) is 0 Å². The summed E-state index contributed by atoms with van der Waals surface area (Å²) >= 11 is 1.62. The molecule has 0 bridgehead atoms. The monoisotopic (exact) mass is 208 g/mol. The van der Waals surface area contributed by atoms with Crippen molar-refractivity contribution in [3.05, 3.63) is 40.7 Å². The van der Waals surface area contributed by atoms with Crippen LogP contribution in [-0.2, 0) is 6.54 Å². The SMILES string of the molecule is CC(NCc1ccoc1)c1cscn1. The van der Waals surface area contributed by atoms with Gasteiger partial charge in [0.2, 0.25) is 0 Å². The van der Waals surface area contributed by atoms with E-state index in [0.717, 1.165) is 17.8 Å². The molecule has 2 aromatic heterocycles. The molecule has 2 aromatic rings. The highest BCUT2D eigenvalue weighted by molar-refractivity contribution is 7.07. The summed E-state index contributed by atoms with van der Waals surface area (Å²) in [5, 5.41) is 5.43. The number of hydrogen-bond donors (Lipinski definition) is 1. The molecule has 1 unspecified atom stereocenters. The van der Waals surface area contributed by atoms with Crippen LogP contribution in [0.1, 0.15) is 24.2 Å². The summed E-state index contributed by atoms with van der Waals surface area (Å²) in [6.07, 6.45) is 3.44. The summed E-state index contributed by atoms with van der Waals surface area (Å²) in [4.78, 5) is 4.25. The van der Waals surface area contributed by atoms with E-state index in [-0.39, 0.29) is 6.04 Å². The molecule has 0 aliphatic rings. The first-order valence-corrected chi connectivity index (χ1v) is 5.43. The van der Waals surface area contributed by atoms with Crippen LogP contribution in [-0.4, -0.2) is 4.98 Å². The maximum atomic E-state index is 4.98. The molecule has 0 saturated heterocycles. The quantitative estimate of drug-likeness (QED) is 0.839. The van der Waals surface area contributed by atoms with Crippen LogP contribution in [0.5, 0.6) is 0 Å². The van der Waals surface area contributed by atoms with E-state index in [0.29, 0.717) is 0 Å². The van der Waals surface area contributed by atoms with E-state index < -0.39 is 0 Å². The Morgan fingerprint density at radius 3 is 3.21 bits per heavy atom. The molecule has 1 atom stereocenters. The number of hydrogen-bond acceptors (Lipinski definition) is 4. The number of aromatic nitrogens is 1. The summed E-state index contributed by atoms with van der Waals surface area (Å²) < 4.78 is 4.98. The first-order valence-electron chi connectivity index (χ1n) is 4.49. The molecule has 74 valence electrons. The third kappa shape index (κ3) is 2.21. The Morgan fingerprint density at radius 2 is 2.57 bits per heavy atom. The lowest BCUT2D eigenvalue weighted by Gasteiger charge is -2.09. The number of rotatable bonds is 4. The molecule has 0 aromatic carbocycles. The molecular weight excluding hydrogens is 196 g/mol. The number of thiazole rings is 1. The molecule has 0 amide bonds. The predicted octanol–water partition coefficient (Wildman–Crippen LogP) is 2.59. The van der Waals surface area contributed by atoms with Gasteiger partial charge in [0, 0.05) is 23.5 Å². The Labute approximate surface area is 86.8 Å². The minimum absolute atomic E-state index is 0.288. The lowest BCUT2D eigenvalue weighted by molar-refractivity contribution is 0.542. The average molecular weight is 208 g/mol. The fourth-order valence-electron chi connectivity index (χ4n) is 1.20. The van der Waals surface area contributed by atoms with E-state index in [2.05, 4.69) is 22.6 Å². The van der Waals surface area contributed by atoms with Gasteiger partial charge in [-0.15, -0.1) is 11.3 Å². The molecule has 0 aliphatic heterocycles. The maximum absolute atomic E-state index is 4.98. The lowest BCUT2D eigenvalue weighted by Crippen LogP contribution is -2.17. The molecule has 2 heterocycles. The van der Waals surface area contributed by atoms with Gasteiger partial charge in [0.05, 0.1) is 23.7 Å². The topological polar surface area (TPSA) is 38.1 Å². The zero-order chi connectivity index (χ0) is 9.80. The van der Waals surface area contributed by atoms with Gasteiger partial charge in [-0.25, -0.2) is 4.98 Å². The van der Waals surface area contributed by atoms with Gasteiger partial charge in [0.25, 0.3) is 0 Å². The lowest BCUT2D eigenvalue weighted by atomic mass is 10.2. The molecule has 2 rings (SSSR count). The van der Waals surface area contributed by atoms with Crippen molar-refractivity contribution < 1.29 is 4.42 Å². The van der Waals surface area contributed by atoms with Gasteiger partial charge in [-0.05, 0) is 13.0 Å². The molecule has 3 nitrogen and oxygen atoms in total. The minimum Gasteiger partial charge on any atom is -0.472 e. The Kier molecular flexibility index (Phi) is 2.96. The summed E-state index contributed by atoms with van der Waals surface area (Å²) in [5.41, 5.74) is 4.11. The van der Waals surface area contributed by atoms with Gasteiger partial charge in [-0.3, -0.25) is 0 Å². The van der Waals surface area contributed by atoms with Crippen molar-refractivity contribution in [3.63, 3.8) is 0 Å². The third-order valence-corrected chi connectivity index (χ3v) is 2.69. The van der Waals surface area contributed by atoms with Crippen LogP contribution in [0.4, 0.5) is 0 Å². The minimum atomic E-state index is 0.288. The van der Waals surface area contributed by atoms with Crippen molar-refractivity contribution in [2.75, 3.05) is 0 Å². The van der Waals surface area contributed by atoms with Crippen molar-refractivity contribution in [1.29, 1.82) is 0 Å². The molecular formula is C10H12N2OS. The molecule has 0 saturated carbocycles. The Bertz CT molecular complexity index is 355. The second-order valence-corrected chi connectivity index (χ2v) is 3.87. The van der Waals surface area contributed by atoms with Gasteiger partial charge in [-0.2, -0.15) is 0 Å². The highest BCUT2D eigenvalue weighted by Crippen LogP contribution is 2.12. The highest BCUT2D eigenvalue weighted by atomic mass is 32.1. The van der Waals surface area contributed by atoms with E-state index in [9.17, 15) is 0 Å². The summed E-state index contributed by atoms with van der Waals surface area (Å²) in [6.45, 7) is 2.92. The smallest absolute Gasteiger partial charge is 0.0947 e. The molecule has 1 N–H and O–H groups in total. The van der Waals surface area contributed by atoms with E-state index in [1.807, 2.05) is 11.6 Å². The predicted molar refractivity (Wildman–Crippen MR) is 56.1 cm³/mol. The number of furan rings is 1. The van der Waals surface area contributed by atoms with E-state index in [1.54, 1.807) is 23.9 Å². The second kappa shape index (κ2) is 4.39. The van der Waals surface area contributed by atoms with E-state index >= 15 is 0 Å². The van der Waals surface area contributed by atoms with Crippen molar-refractivity contribution >= 4 is 11.3 Å². The van der Waals surface area contributed by atoms with Gasteiger partial charge < -0.3 is 9.73 Å². The normalized spacial score (nSPS) is 12.9. The van der Waals surface area contributed by atoms with Crippen LogP contribution in [0.2, 0.25) is 0 Å². The molecule has 14 heavy (non-hydrogen) atoms. The third-order valence-electron chi connectivity index (χ3n) is 2.09. The van der Waals surface area contributed by atoms with Crippen molar-refractivity contribution in [2.24, 2.45) is 0 Å². The standard InChI is InChI=1S/C10H12N2OS/c1-8(10-6-14-7-12-10)11-4-9-2-3-13-5-9/h2-3,5-8,11H,4H2,1H3. The summed E-state index contributed by atoms with van der Waals surface area (Å²) in [6, 6.07) is 2.25. The largest absolute Gasteiger partial charge is 0.472 e.